The summed E-state index contributed by atoms with van der Waals surface area (Å²) in [7, 11) is 4.16. The zero-order chi connectivity index (χ0) is 9.97. The van der Waals surface area contributed by atoms with Crippen LogP contribution in [-0.2, 0) is 6.54 Å². The number of pyridine rings is 1. The highest BCUT2D eigenvalue weighted by Crippen LogP contribution is 2.16. The van der Waals surface area contributed by atoms with E-state index >= 15 is 0 Å². The van der Waals surface area contributed by atoms with Crippen molar-refractivity contribution in [2.24, 2.45) is 0 Å². The molecule has 1 aromatic carbocycles. The average molecular weight is 186 g/mol. The molecule has 72 valence electrons. The predicted octanol–water partition coefficient (Wildman–Crippen LogP) is 2.30. The van der Waals surface area contributed by atoms with E-state index < -0.39 is 0 Å². The van der Waals surface area contributed by atoms with Crippen molar-refractivity contribution in [2.45, 2.75) is 6.54 Å². The first-order valence-corrected chi connectivity index (χ1v) is 4.75. The molecule has 1 aromatic heterocycles. The van der Waals surface area contributed by atoms with Crippen LogP contribution in [0.25, 0.3) is 10.9 Å². The molecule has 0 radical (unpaired) electrons. The predicted molar refractivity (Wildman–Crippen MR) is 59.1 cm³/mol. The molecule has 0 atom stereocenters. The lowest BCUT2D eigenvalue weighted by Crippen LogP contribution is -2.10. The monoisotopic (exact) mass is 186 g/mol. The van der Waals surface area contributed by atoms with E-state index in [9.17, 15) is 0 Å². The summed E-state index contributed by atoms with van der Waals surface area (Å²) in [5.41, 5.74) is 2.41. The zero-order valence-corrected chi connectivity index (χ0v) is 8.57. The molecule has 0 bridgehead atoms. The van der Waals surface area contributed by atoms with Crippen molar-refractivity contribution in [2.75, 3.05) is 14.1 Å². The van der Waals surface area contributed by atoms with Crippen LogP contribution in [0.4, 0.5) is 0 Å². The maximum Gasteiger partial charge on any atom is 0.0705 e. The molecule has 2 nitrogen and oxygen atoms in total. The fourth-order valence-electron chi connectivity index (χ4n) is 1.65. The summed E-state index contributed by atoms with van der Waals surface area (Å²) >= 11 is 0. The van der Waals surface area contributed by atoms with Crippen LogP contribution in [-0.4, -0.2) is 24.0 Å². The number of hydrogen-bond donors (Lipinski definition) is 0. The van der Waals surface area contributed by atoms with Gasteiger partial charge in [0.15, 0.2) is 0 Å². The molecule has 0 aliphatic carbocycles. The van der Waals surface area contributed by atoms with Gasteiger partial charge in [-0.3, -0.25) is 4.98 Å². The normalized spacial score (nSPS) is 11.1. The highest BCUT2D eigenvalue weighted by Gasteiger charge is 2.01. The Morgan fingerprint density at radius 1 is 1.14 bits per heavy atom. The largest absolute Gasteiger partial charge is 0.305 e. The lowest BCUT2D eigenvalue weighted by Gasteiger charge is -2.11. The molecule has 2 aromatic rings. The number of nitrogens with zero attached hydrogens (tertiary/aromatic N) is 2. The molecule has 0 aliphatic rings. The fraction of sp³-hybridized carbons (Fsp3) is 0.250. The van der Waals surface area contributed by atoms with Crippen LogP contribution in [0.15, 0.2) is 36.5 Å². The van der Waals surface area contributed by atoms with Crippen LogP contribution in [0.5, 0.6) is 0 Å². The second-order valence-corrected chi connectivity index (χ2v) is 3.73. The van der Waals surface area contributed by atoms with Gasteiger partial charge in [0.05, 0.1) is 5.52 Å². The summed E-state index contributed by atoms with van der Waals surface area (Å²) in [5, 5.41) is 1.25. The minimum atomic E-state index is 0.961. The lowest BCUT2D eigenvalue weighted by molar-refractivity contribution is 0.404. The molecule has 0 saturated carbocycles. The number of fused-ring (bicyclic) bond motifs is 1. The Hall–Kier alpha value is -1.41. The van der Waals surface area contributed by atoms with Gasteiger partial charge in [-0.15, -0.1) is 0 Å². The summed E-state index contributed by atoms with van der Waals surface area (Å²) in [6.07, 6.45) is 1.84. The summed E-state index contributed by atoms with van der Waals surface area (Å²) in [6, 6.07) is 10.4. The third-order valence-corrected chi connectivity index (χ3v) is 2.22. The van der Waals surface area contributed by atoms with Crippen LogP contribution in [0.2, 0.25) is 0 Å². The Kier molecular flexibility index (Phi) is 2.46. The third-order valence-electron chi connectivity index (χ3n) is 2.22. The van der Waals surface area contributed by atoms with E-state index in [-0.39, 0.29) is 0 Å². The van der Waals surface area contributed by atoms with Crippen LogP contribution in [0, 0.1) is 0 Å². The fourth-order valence-corrected chi connectivity index (χ4v) is 1.65. The second-order valence-electron chi connectivity index (χ2n) is 3.73. The topological polar surface area (TPSA) is 16.1 Å². The summed E-state index contributed by atoms with van der Waals surface area (Å²) < 4.78 is 0. The molecule has 0 fully saturated rings. The van der Waals surface area contributed by atoms with Crippen molar-refractivity contribution in [3.63, 3.8) is 0 Å². The Morgan fingerprint density at radius 3 is 2.79 bits per heavy atom. The number of aromatic nitrogens is 1. The van der Waals surface area contributed by atoms with Crippen LogP contribution in [0.3, 0.4) is 0 Å². The molecule has 2 rings (SSSR count). The summed E-state index contributed by atoms with van der Waals surface area (Å²) in [4.78, 5) is 6.50. The lowest BCUT2D eigenvalue weighted by atomic mass is 10.1. The number of hydrogen-bond acceptors (Lipinski definition) is 2. The van der Waals surface area contributed by atoms with Gasteiger partial charge in [-0.05, 0) is 31.8 Å². The van der Waals surface area contributed by atoms with Crippen molar-refractivity contribution in [1.82, 2.24) is 9.88 Å². The minimum absolute atomic E-state index is 0.961. The quantitative estimate of drug-likeness (QED) is 0.715. The average Bonchev–Trinajstić information content (AvgIpc) is 2.18. The SMILES string of the molecule is CN(C)Cc1cccc2ncccc12. The molecule has 0 saturated heterocycles. The van der Waals surface area contributed by atoms with Gasteiger partial charge in [0.2, 0.25) is 0 Å². The van der Waals surface area contributed by atoms with Crippen LogP contribution in [0.1, 0.15) is 5.56 Å². The zero-order valence-electron chi connectivity index (χ0n) is 8.57. The third kappa shape index (κ3) is 1.75. The minimum Gasteiger partial charge on any atom is -0.305 e. The van der Waals surface area contributed by atoms with Gasteiger partial charge < -0.3 is 4.90 Å². The van der Waals surface area contributed by atoms with Crippen molar-refractivity contribution in [1.29, 1.82) is 0 Å². The van der Waals surface area contributed by atoms with Crippen LogP contribution >= 0.6 is 0 Å². The molecule has 0 amide bonds. The first-order valence-electron chi connectivity index (χ1n) is 4.75. The molecule has 0 aliphatic heterocycles. The first-order chi connectivity index (χ1) is 6.77. The van der Waals surface area contributed by atoms with E-state index in [2.05, 4.69) is 48.2 Å². The van der Waals surface area contributed by atoms with E-state index in [4.69, 9.17) is 0 Å². The maximum absolute atomic E-state index is 4.33. The molecule has 0 unspecified atom stereocenters. The summed E-state index contributed by atoms with van der Waals surface area (Å²) in [6.45, 7) is 0.961. The van der Waals surface area contributed by atoms with E-state index in [1.807, 2.05) is 12.3 Å². The van der Waals surface area contributed by atoms with Gasteiger partial charge in [0.1, 0.15) is 0 Å². The summed E-state index contributed by atoms with van der Waals surface area (Å²) in [5.74, 6) is 0. The smallest absolute Gasteiger partial charge is 0.0705 e. The molecular weight excluding hydrogens is 172 g/mol. The molecule has 0 spiro atoms. The van der Waals surface area contributed by atoms with Crippen LogP contribution < -0.4 is 0 Å². The van der Waals surface area contributed by atoms with Gasteiger partial charge >= 0.3 is 0 Å². The van der Waals surface area contributed by atoms with Gasteiger partial charge in [-0.2, -0.15) is 0 Å². The molecular formula is C12H14N2. The van der Waals surface area contributed by atoms with Crippen molar-refractivity contribution in [3.05, 3.63) is 42.1 Å². The Morgan fingerprint density at radius 2 is 2.00 bits per heavy atom. The van der Waals surface area contributed by atoms with Crippen molar-refractivity contribution < 1.29 is 0 Å². The van der Waals surface area contributed by atoms with Crippen molar-refractivity contribution in [3.8, 4) is 0 Å². The van der Waals surface area contributed by atoms with Gasteiger partial charge in [0, 0.05) is 18.1 Å². The Labute approximate surface area is 84.2 Å². The number of rotatable bonds is 2. The molecule has 0 N–H and O–H groups in total. The first kappa shape index (κ1) is 9.16. The maximum atomic E-state index is 4.33. The van der Waals surface area contributed by atoms with Gasteiger partial charge in [0.25, 0.3) is 0 Å². The van der Waals surface area contributed by atoms with E-state index in [1.54, 1.807) is 0 Å². The van der Waals surface area contributed by atoms with E-state index in [0.29, 0.717) is 0 Å². The molecule has 1 heterocycles. The molecule has 14 heavy (non-hydrogen) atoms. The number of benzene rings is 1. The Bertz CT molecular complexity index is 430. The van der Waals surface area contributed by atoms with E-state index in [0.717, 1.165) is 12.1 Å². The highest BCUT2D eigenvalue weighted by molar-refractivity contribution is 5.81. The highest BCUT2D eigenvalue weighted by atomic mass is 15.0. The van der Waals surface area contributed by atoms with E-state index in [1.165, 1.54) is 10.9 Å². The van der Waals surface area contributed by atoms with Gasteiger partial charge in [-0.1, -0.05) is 18.2 Å². The second kappa shape index (κ2) is 3.76. The Balaban J connectivity index is 2.53. The molecule has 2 heteroatoms. The van der Waals surface area contributed by atoms with Crippen molar-refractivity contribution >= 4 is 10.9 Å². The standard InChI is InChI=1S/C12H14N2/c1-14(2)9-10-5-3-7-12-11(10)6-4-8-13-12/h3-8H,9H2,1-2H3. The van der Waals surface area contributed by atoms with Gasteiger partial charge in [-0.25, -0.2) is 0 Å².